The van der Waals surface area contributed by atoms with E-state index in [0.29, 0.717) is 21.5 Å². The molecule has 1 N–H and O–H groups in total. The van der Waals surface area contributed by atoms with Crippen molar-refractivity contribution in [2.75, 3.05) is 24.9 Å². The summed E-state index contributed by atoms with van der Waals surface area (Å²) in [4.78, 5) is 2.91. The average molecular weight is 497 g/mol. The lowest BCUT2D eigenvalue weighted by molar-refractivity contribution is 0.208. The van der Waals surface area contributed by atoms with Crippen molar-refractivity contribution < 1.29 is 13.2 Å². The quantitative estimate of drug-likeness (QED) is 0.460. The largest absolute Gasteiger partial charge is 0.487 e. The molecule has 1 aliphatic heterocycles. The van der Waals surface area contributed by atoms with Crippen LogP contribution in [-0.4, -0.2) is 39.6 Å². The Kier molecular flexibility index (Phi) is 6.51. The van der Waals surface area contributed by atoms with Crippen LogP contribution in [0.15, 0.2) is 52.7 Å². The van der Waals surface area contributed by atoms with Gasteiger partial charge in [0.1, 0.15) is 16.1 Å². The second-order valence-electron chi connectivity index (χ2n) is 7.60. The van der Waals surface area contributed by atoms with E-state index in [4.69, 9.17) is 27.9 Å². The third-order valence-electron chi connectivity index (χ3n) is 5.14. The highest BCUT2D eigenvalue weighted by Gasteiger charge is 2.24. The van der Waals surface area contributed by atoms with Crippen LogP contribution in [0.1, 0.15) is 12.0 Å². The number of benzene rings is 2. The molecule has 31 heavy (non-hydrogen) atoms. The third-order valence-corrected chi connectivity index (χ3v) is 8.89. The van der Waals surface area contributed by atoms with Gasteiger partial charge in [-0.25, -0.2) is 8.42 Å². The number of hydrogen-bond acceptors (Lipinski definition) is 5. The summed E-state index contributed by atoms with van der Waals surface area (Å²) in [5.74, 6) is 0.465. The van der Waals surface area contributed by atoms with Gasteiger partial charge in [0, 0.05) is 19.2 Å². The van der Waals surface area contributed by atoms with Gasteiger partial charge in [-0.3, -0.25) is 4.72 Å². The maximum atomic E-state index is 13.0. The first-order valence-electron chi connectivity index (χ1n) is 9.76. The van der Waals surface area contributed by atoms with Crippen LogP contribution in [0.5, 0.6) is 5.75 Å². The molecule has 1 atom stereocenters. The number of sulfonamides is 1. The van der Waals surface area contributed by atoms with Crippen LogP contribution in [0.3, 0.4) is 0 Å². The van der Waals surface area contributed by atoms with Crippen molar-refractivity contribution in [3.05, 3.63) is 64.1 Å². The number of nitrogens with zero attached hydrogens (tertiary/aromatic N) is 1. The zero-order chi connectivity index (χ0) is 22.2. The van der Waals surface area contributed by atoms with Crippen LogP contribution in [0, 0.1) is 6.92 Å². The molecule has 0 bridgehead atoms. The van der Waals surface area contributed by atoms with Crippen molar-refractivity contribution in [2.45, 2.75) is 23.7 Å². The summed E-state index contributed by atoms with van der Waals surface area (Å²) in [6.07, 6.45) is 0.931. The minimum absolute atomic E-state index is 0.0297. The van der Waals surface area contributed by atoms with Gasteiger partial charge in [0.05, 0.1) is 20.6 Å². The normalized spacial score (nSPS) is 17.1. The Morgan fingerprint density at radius 2 is 1.90 bits per heavy atom. The second kappa shape index (κ2) is 9.00. The van der Waals surface area contributed by atoms with Crippen molar-refractivity contribution in [1.29, 1.82) is 0 Å². The van der Waals surface area contributed by atoms with E-state index in [1.165, 1.54) is 6.07 Å². The topological polar surface area (TPSA) is 58.6 Å². The predicted molar refractivity (Wildman–Crippen MR) is 128 cm³/mol. The van der Waals surface area contributed by atoms with Gasteiger partial charge < -0.3 is 9.64 Å². The summed E-state index contributed by atoms with van der Waals surface area (Å²) in [5.41, 5.74) is 2.33. The molecule has 0 spiro atoms. The Hall–Kier alpha value is -1.77. The summed E-state index contributed by atoms with van der Waals surface area (Å²) >= 11 is 13.8. The maximum Gasteiger partial charge on any atom is 0.271 e. The SMILES string of the molecule is Cc1ccccc1-c1sc(S(=O)(=O)Nc2ccc(Cl)c(O[C@@H]3CCN(C)C3)c2)cc1Cl. The van der Waals surface area contributed by atoms with Gasteiger partial charge in [0.25, 0.3) is 10.0 Å². The zero-order valence-corrected chi connectivity index (χ0v) is 20.2. The van der Waals surface area contributed by atoms with Crippen molar-refractivity contribution in [3.63, 3.8) is 0 Å². The van der Waals surface area contributed by atoms with E-state index in [1.807, 2.05) is 38.2 Å². The molecule has 1 aliphatic rings. The number of halogens is 2. The number of thiophene rings is 1. The Labute approximate surface area is 196 Å². The highest BCUT2D eigenvalue weighted by molar-refractivity contribution is 7.94. The van der Waals surface area contributed by atoms with Crippen molar-refractivity contribution in [1.82, 2.24) is 4.90 Å². The van der Waals surface area contributed by atoms with Crippen LogP contribution < -0.4 is 9.46 Å². The molecule has 9 heteroatoms. The van der Waals surface area contributed by atoms with E-state index in [9.17, 15) is 8.42 Å². The van der Waals surface area contributed by atoms with Crippen LogP contribution >= 0.6 is 34.5 Å². The molecular formula is C22H22Cl2N2O3S2. The molecule has 0 aliphatic carbocycles. The van der Waals surface area contributed by atoms with Gasteiger partial charge in [0.2, 0.25) is 0 Å². The molecule has 1 saturated heterocycles. The number of likely N-dealkylation sites (N-methyl/N-ethyl adjacent to an activating group) is 1. The number of hydrogen-bond donors (Lipinski definition) is 1. The predicted octanol–water partition coefficient (Wildman–Crippen LogP) is 5.91. The van der Waals surface area contributed by atoms with Crippen LogP contribution in [0.4, 0.5) is 5.69 Å². The molecule has 4 rings (SSSR count). The zero-order valence-electron chi connectivity index (χ0n) is 17.1. The number of anilines is 1. The van der Waals surface area contributed by atoms with Crippen molar-refractivity contribution in [2.24, 2.45) is 0 Å². The summed E-state index contributed by atoms with van der Waals surface area (Å²) < 4.78 is 34.8. The first-order valence-corrected chi connectivity index (χ1v) is 12.8. The number of likely N-dealkylation sites (tertiary alicyclic amines) is 1. The fraction of sp³-hybridized carbons (Fsp3) is 0.273. The lowest BCUT2D eigenvalue weighted by Gasteiger charge is -2.16. The van der Waals surface area contributed by atoms with E-state index in [0.717, 1.165) is 46.9 Å². The Morgan fingerprint density at radius 1 is 1.13 bits per heavy atom. The summed E-state index contributed by atoms with van der Waals surface area (Å²) in [6, 6.07) is 14.1. The molecule has 0 saturated carbocycles. The van der Waals surface area contributed by atoms with Crippen molar-refractivity contribution >= 4 is 50.2 Å². The maximum absolute atomic E-state index is 13.0. The highest BCUT2D eigenvalue weighted by atomic mass is 35.5. The van der Waals surface area contributed by atoms with E-state index in [2.05, 4.69) is 9.62 Å². The Balaban J connectivity index is 1.57. The van der Waals surface area contributed by atoms with Crippen LogP contribution in [0.25, 0.3) is 10.4 Å². The first-order chi connectivity index (χ1) is 14.7. The lowest BCUT2D eigenvalue weighted by atomic mass is 10.1. The second-order valence-corrected chi connectivity index (χ2v) is 11.4. The van der Waals surface area contributed by atoms with E-state index < -0.39 is 10.0 Å². The molecule has 0 radical (unpaired) electrons. The number of aryl methyl sites for hydroxylation is 1. The number of rotatable bonds is 6. The smallest absolute Gasteiger partial charge is 0.271 e. The molecular weight excluding hydrogens is 475 g/mol. The van der Waals surface area contributed by atoms with Gasteiger partial charge >= 0.3 is 0 Å². The van der Waals surface area contributed by atoms with Gasteiger partial charge in [-0.1, -0.05) is 47.5 Å². The first kappa shape index (κ1) is 22.4. The van der Waals surface area contributed by atoms with Gasteiger partial charge in [-0.05, 0) is 49.7 Å². The molecule has 2 heterocycles. The van der Waals surface area contributed by atoms with E-state index in [1.54, 1.807) is 18.2 Å². The van der Waals surface area contributed by atoms with Gasteiger partial charge in [0.15, 0.2) is 0 Å². The Morgan fingerprint density at radius 3 is 2.61 bits per heavy atom. The molecule has 1 fully saturated rings. The van der Waals surface area contributed by atoms with Gasteiger partial charge in [-0.15, -0.1) is 11.3 Å². The summed E-state index contributed by atoms with van der Waals surface area (Å²) in [5, 5.41) is 0.851. The molecule has 164 valence electrons. The fourth-order valence-electron chi connectivity index (χ4n) is 3.52. The summed E-state index contributed by atoms with van der Waals surface area (Å²) in [7, 11) is -1.79. The minimum atomic E-state index is -3.82. The third kappa shape index (κ3) is 5.02. The van der Waals surface area contributed by atoms with Crippen LogP contribution in [-0.2, 0) is 10.0 Å². The summed E-state index contributed by atoms with van der Waals surface area (Å²) in [6.45, 7) is 3.73. The standard InChI is InChI=1S/C22H22Cl2N2O3S2/c1-14-5-3-4-6-17(14)22-19(24)12-21(30-22)31(27,28)25-15-7-8-18(23)20(11-15)29-16-9-10-26(2)13-16/h3-8,11-12,16,25H,9-10,13H2,1-2H3/t16-/m1/s1. The minimum Gasteiger partial charge on any atom is -0.487 e. The molecule has 0 amide bonds. The highest BCUT2D eigenvalue weighted by Crippen LogP contribution is 2.40. The Bertz CT molecular complexity index is 1210. The molecule has 0 unspecified atom stereocenters. The monoisotopic (exact) mass is 496 g/mol. The molecule has 1 aromatic heterocycles. The average Bonchev–Trinajstić information content (AvgIpc) is 3.30. The van der Waals surface area contributed by atoms with E-state index >= 15 is 0 Å². The molecule has 2 aromatic carbocycles. The fourth-order valence-corrected chi connectivity index (χ4v) is 6.64. The number of nitrogens with one attached hydrogen (secondary N) is 1. The molecule has 5 nitrogen and oxygen atoms in total. The van der Waals surface area contributed by atoms with Crippen molar-refractivity contribution in [3.8, 4) is 16.2 Å². The van der Waals surface area contributed by atoms with Crippen LogP contribution in [0.2, 0.25) is 10.0 Å². The van der Waals surface area contributed by atoms with Gasteiger partial charge in [-0.2, -0.15) is 0 Å². The van der Waals surface area contributed by atoms with E-state index in [-0.39, 0.29) is 10.3 Å². The lowest BCUT2D eigenvalue weighted by Crippen LogP contribution is -2.21. The number of ether oxygens (including phenoxy) is 1. The molecule has 3 aromatic rings.